The van der Waals surface area contributed by atoms with Gasteiger partial charge in [0.2, 0.25) is 11.2 Å². The number of anilines is 1. The molecule has 2 unspecified atom stereocenters. The van der Waals surface area contributed by atoms with Gasteiger partial charge in [-0.3, -0.25) is 13.8 Å². The van der Waals surface area contributed by atoms with Gasteiger partial charge in [-0.05, 0) is 36.5 Å². The molecule has 0 bridgehead atoms. The highest BCUT2D eigenvalue weighted by Gasteiger charge is 2.33. The minimum atomic E-state index is -1.88. The molecular weight excluding hydrogens is 357 g/mol. The summed E-state index contributed by atoms with van der Waals surface area (Å²) >= 11 is -1.88. The fourth-order valence-corrected chi connectivity index (χ4v) is 4.69. The first-order chi connectivity index (χ1) is 12.5. The van der Waals surface area contributed by atoms with Gasteiger partial charge in [-0.25, -0.2) is 8.60 Å². The number of phenolic OH excluding ortho intramolecular Hbond substituents is 1. The summed E-state index contributed by atoms with van der Waals surface area (Å²) in [6.07, 6.45) is 8.24. The van der Waals surface area contributed by atoms with Crippen LogP contribution >= 0.6 is 0 Å². The molecule has 0 spiro atoms. The fourth-order valence-electron chi connectivity index (χ4n) is 3.74. The van der Waals surface area contributed by atoms with Gasteiger partial charge in [-0.2, -0.15) is 0 Å². The first-order valence-corrected chi connectivity index (χ1v) is 10.1. The van der Waals surface area contributed by atoms with E-state index in [1.54, 1.807) is 0 Å². The van der Waals surface area contributed by atoms with E-state index in [-0.39, 0.29) is 24.0 Å². The highest BCUT2D eigenvalue weighted by Crippen LogP contribution is 2.37. The third-order valence-corrected chi connectivity index (χ3v) is 6.56. The molecule has 2 aliphatic heterocycles. The highest BCUT2D eigenvalue weighted by atomic mass is 32.2. The number of benzene rings is 1. The quantitative estimate of drug-likeness (QED) is 0.731. The summed E-state index contributed by atoms with van der Waals surface area (Å²) in [5, 5.41) is 13.5. The monoisotopic (exact) mass is 379 g/mol. The number of hydrogen-bond donors (Lipinski definition) is 3. The lowest BCUT2D eigenvalue weighted by molar-refractivity contribution is -0.117. The van der Waals surface area contributed by atoms with Crippen molar-refractivity contribution in [1.82, 2.24) is 10.0 Å². The molecule has 4 rings (SSSR count). The maximum atomic E-state index is 15.1. The van der Waals surface area contributed by atoms with Crippen LogP contribution in [0.4, 0.5) is 10.1 Å². The summed E-state index contributed by atoms with van der Waals surface area (Å²) in [6.45, 7) is 0.304. The van der Waals surface area contributed by atoms with Gasteiger partial charge in [0.25, 0.3) is 5.91 Å². The van der Waals surface area contributed by atoms with Crippen molar-refractivity contribution in [1.29, 1.82) is 0 Å². The first-order valence-electron chi connectivity index (χ1n) is 8.97. The van der Waals surface area contributed by atoms with Crippen LogP contribution in [0.3, 0.4) is 0 Å². The van der Waals surface area contributed by atoms with Crippen LogP contribution in [-0.4, -0.2) is 34.4 Å². The predicted octanol–water partition coefficient (Wildman–Crippen LogP) is 1.98. The van der Waals surface area contributed by atoms with E-state index in [0.29, 0.717) is 12.1 Å². The molecular formula is C18H22FN3O3S. The lowest BCUT2D eigenvalue weighted by Gasteiger charge is -2.26. The summed E-state index contributed by atoms with van der Waals surface area (Å²) in [7, 11) is 0. The van der Waals surface area contributed by atoms with E-state index in [9.17, 15) is 14.1 Å². The van der Waals surface area contributed by atoms with Crippen LogP contribution in [0.5, 0.6) is 5.75 Å². The van der Waals surface area contributed by atoms with Gasteiger partial charge in [-0.15, -0.1) is 0 Å². The molecule has 2 atom stereocenters. The van der Waals surface area contributed by atoms with Crippen molar-refractivity contribution in [3.63, 3.8) is 0 Å². The van der Waals surface area contributed by atoms with Crippen LogP contribution < -0.4 is 14.3 Å². The lowest BCUT2D eigenvalue weighted by Crippen LogP contribution is -2.24. The third kappa shape index (κ3) is 3.23. The molecule has 8 heteroatoms. The molecule has 1 saturated carbocycles. The number of hydrogen-bond acceptors (Lipinski definition) is 4. The van der Waals surface area contributed by atoms with Gasteiger partial charge in [0, 0.05) is 18.2 Å². The van der Waals surface area contributed by atoms with Crippen LogP contribution in [0.1, 0.15) is 37.7 Å². The Hall–Kier alpha value is -1.93. The van der Waals surface area contributed by atoms with Gasteiger partial charge < -0.3 is 10.4 Å². The highest BCUT2D eigenvalue weighted by molar-refractivity contribution is 7.85. The maximum Gasteiger partial charge on any atom is 0.253 e. The normalized spacial score (nSPS) is 26.0. The number of amides is 1. The Kier molecular flexibility index (Phi) is 4.71. The minimum Gasteiger partial charge on any atom is -0.506 e. The molecule has 0 radical (unpaired) electrons. The van der Waals surface area contributed by atoms with E-state index in [1.807, 2.05) is 6.08 Å². The van der Waals surface area contributed by atoms with Gasteiger partial charge in [0.05, 0.1) is 0 Å². The van der Waals surface area contributed by atoms with E-state index in [1.165, 1.54) is 37.8 Å². The number of rotatable bonds is 5. The van der Waals surface area contributed by atoms with Crippen molar-refractivity contribution in [2.75, 3.05) is 17.4 Å². The second kappa shape index (κ2) is 7.00. The van der Waals surface area contributed by atoms with Crippen molar-refractivity contribution in [2.45, 2.75) is 38.1 Å². The molecule has 6 nitrogen and oxygen atoms in total. The number of phenols is 1. The van der Waals surface area contributed by atoms with Crippen molar-refractivity contribution in [2.24, 2.45) is 5.92 Å². The van der Waals surface area contributed by atoms with Gasteiger partial charge in [0.15, 0.2) is 5.82 Å². The van der Waals surface area contributed by atoms with Crippen LogP contribution in [0.15, 0.2) is 18.2 Å². The summed E-state index contributed by atoms with van der Waals surface area (Å²) in [6, 6.07) is 3.15. The zero-order valence-corrected chi connectivity index (χ0v) is 15.2. The van der Waals surface area contributed by atoms with Gasteiger partial charge >= 0.3 is 0 Å². The van der Waals surface area contributed by atoms with E-state index < -0.39 is 22.9 Å². The van der Waals surface area contributed by atoms with Crippen molar-refractivity contribution in [3.8, 4) is 5.75 Å². The zero-order chi connectivity index (χ0) is 18.3. The summed E-state index contributed by atoms with van der Waals surface area (Å²) in [5.41, 5.74) is 0.998. The SMILES string of the molecule is O=C1CN(c2c(O)ccc(C3=CC(CCC4CCC4)NC3)c2F)S(=O)N1. The fraction of sp³-hybridized carbons (Fsp3) is 0.500. The van der Waals surface area contributed by atoms with E-state index in [4.69, 9.17) is 0 Å². The molecule has 26 heavy (non-hydrogen) atoms. The summed E-state index contributed by atoms with van der Waals surface area (Å²) < 4.78 is 30.3. The number of carbonyl (C=O) groups is 1. The second-order valence-electron chi connectivity index (χ2n) is 7.16. The Labute approximate surface area is 154 Å². The topological polar surface area (TPSA) is 81.7 Å². The second-order valence-corrected chi connectivity index (χ2v) is 8.30. The number of halogens is 1. The molecule has 140 valence electrons. The predicted molar refractivity (Wildman–Crippen MR) is 98.0 cm³/mol. The molecule has 1 aromatic carbocycles. The average molecular weight is 379 g/mol. The van der Waals surface area contributed by atoms with Gasteiger partial charge in [0.1, 0.15) is 18.0 Å². The molecule has 1 aliphatic carbocycles. The Morgan fingerprint density at radius 2 is 2.12 bits per heavy atom. The van der Waals surface area contributed by atoms with Crippen LogP contribution in [-0.2, 0) is 16.0 Å². The summed E-state index contributed by atoms with van der Waals surface area (Å²) in [4.78, 5) is 11.4. The van der Waals surface area contributed by atoms with Crippen molar-refractivity contribution < 1.29 is 18.5 Å². The van der Waals surface area contributed by atoms with E-state index >= 15 is 4.39 Å². The molecule has 0 aromatic heterocycles. The van der Waals surface area contributed by atoms with E-state index in [2.05, 4.69) is 10.0 Å². The number of nitrogens with one attached hydrogen (secondary N) is 2. The Bertz CT molecular complexity index is 794. The van der Waals surface area contributed by atoms with Crippen LogP contribution in [0.25, 0.3) is 5.57 Å². The third-order valence-electron chi connectivity index (χ3n) is 5.45. The lowest BCUT2D eigenvalue weighted by atomic mass is 9.81. The van der Waals surface area contributed by atoms with E-state index in [0.717, 1.165) is 22.2 Å². The molecule has 2 fully saturated rings. The van der Waals surface area contributed by atoms with Crippen LogP contribution in [0.2, 0.25) is 0 Å². The van der Waals surface area contributed by atoms with Gasteiger partial charge in [-0.1, -0.05) is 25.3 Å². The number of carbonyl (C=O) groups excluding carboxylic acids is 1. The average Bonchev–Trinajstić information content (AvgIpc) is 3.13. The first kappa shape index (κ1) is 17.5. The standard InChI is InChI=1S/C18H22FN3O3S/c19-17-14(12-8-13(20-9-12)5-4-11-2-1-3-11)6-7-15(23)18(17)22-10-16(24)21-26(22)25/h6-8,11,13,20,23H,1-5,9-10H2,(H,21,24). The van der Waals surface area contributed by atoms with Crippen molar-refractivity contribution in [3.05, 3.63) is 29.6 Å². The smallest absolute Gasteiger partial charge is 0.253 e. The molecule has 1 aromatic rings. The zero-order valence-electron chi connectivity index (χ0n) is 14.3. The van der Waals surface area contributed by atoms with Crippen molar-refractivity contribution >= 4 is 28.3 Å². The largest absolute Gasteiger partial charge is 0.506 e. The Balaban J connectivity index is 1.56. The maximum absolute atomic E-state index is 15.1. The Morgan fingerprint density at radius 1 is 1.31 bits per heavy atom. The molecule has 2 heterocycles. The summed E-state index contributed by atoms with van der Waals surface area (Å²) in [5.74, 6) is -0.612. The molecule has 3 aliphatic rings. The minimum absolute atomic E-state index is 0.196. The number of aromatic hydroxyl groups is 1. The molecule has 1 saturated heterocycles. The molecule has 3 N–H and O–H groups in total. The number of nitrogens with zero attached hydrogens (tertiary/aromatic N) is 1. The Morgan fingerprint density at radius 3 is 2.77 bits per heavy atom. The van der Waals surface area contributed by atoms with Crippen LogP contribution in [0, 0.1) is 11.7 Å². The molecule has 1 amide bonds.